The van der Waals surface area contributed by atoms with Crippen LogP contribution in [0.1, 0.15) is 64.4 Å². The number of imide groups is 1. The maximum Gasteiger partial charge on any atom is 0.324 e. The maximum atomic E-state index is 11.9. The minimum atomic E-state index is -0.744. The van der Waals surface area contributed by atoms with Gasteiger partial charge in [-0.3, -0.25) is 15.5 Å². The summed E-state index contributed by atoms with van der Waals surface area (Å²) in [5.41, 5.74) is 7.48. The van der Waals surface area contributed by atoms with Crippen LogP contribution in [0.3, 0.4) is 0 Å². The molecule has 1 saturated heterocycles. The Morgan fingerprint density at radius 3 is 2.63 bits per heavy atom. The Kier molecular flexibility index (Phi) is 6.02. The van der Waals surface area contributed by atoms with Crippen LogP contribution in [0.5, 0.6) is 5.75 Å². The standard InChI is InChI=1S/C23H34N4O3/c1-22(2)20(28)25-21(29)27(22)14-5-3-4-13-24-26-23(11-12-23)18-7-6-8-19(15-18)30-16-17-9-10-17/h6-8,15,17,24,26H,3-5,9-14,16H2,1-2H3,(H,25,28,29). The van der Waals surface area contributed by atoms with Gasteiger partial charge in [-0.2, -0.15) is 0 Å². The van der Waals surface area contributed by atoms with Gasteiger partial charge in [0.25, 0.3) is 5.91 Å². The lowest BCUT2D eigenvalue weighted by Crippen LogP contribution is -2.44. The fourth-order valence-corrected chi connectivity index (χ4v) is 3.96. The van der Waals surface area contributed by atoms with Crippen molar-refractivity contribution in [3.05, 3.63) is 29.8 Å². The molecule has 1 aromatic rings. The Morgan fingerprint density at radius 2 is 1.97 bits per heavy atom. The Labute approximate surface area is 178 Å². The van der Waals surface area contributed by atoms with Crippen molar-refractivity contribution in [1.82, 2.24) is 21.1 Å². The minimum Gasteiger partial charge on any atom is -0.493 e. The number of hydrogen-bond donors (Lipinski definition) is 3. The molecule has 1 heterocycles. The number of amides is 3. The molecule has 0 aromatic heterocycles. The van der Waals surface area contributed by atoms with Crippen LogP contribution in [0.25, 0.3) is 0 Å². The summed E-state index contributed by atoms with van der Waals surface area (Å²) in [4.78, 5) is 25.3. The first kappa shape index (κ1) is 21.1. The second-order valence-corrected chi connectivity index (χ2v) is 9.45. The number of hydrazine groups is 1. The summed E-state index contributed by atoms with van der Waals surface area (Å²) in [7, 11) is 0. The fourth-order valence-electron chi connectivity index (χ4n) is 3.96. The van der Waals surface area contributed by atoms with Crippen molar-refractivity contribution in [3.8, 4) is 5.75 Å². The van der Waals surface area contributed by atoms with Gasteiger partial charge in [0, 0.05) is 13.1 Å². The first-order valence-corrected chi connectivity index (χ1v) is 11.3. The largest absolute Gasteiger partial charge is 0.493 e. The van der Waals surface area contributed by atoms with E-state index in [2.05, 4.69) is 34.4 Å². The van der Waals surface area contributed by atoms with Gasteiger partial charge in [-0.05, 0) is 76.0 Å². The van der Waals surface area contributed by atoms with Crippen LogP contribution >= 0.6 is 0 Å². The van der Waals surface area contributed by atoms with Gasteiger partial charge >= 0.3 is 6.03 Å². The molecule has 1 aliphatic heterocycles. The van der Waals surface area contributed by atoms with Crippen LogP contribution in [0.2, 0.25) is 0 Å². The van der Waals surface area contributed by atoms with Gasteiger partial charge in [-0.25, -0.2) is 10.2 Å². The molecule has 0 radical (unpaired) electrons. The van der Waals surface area contributed by atoms with Gasteiger partial charge in [0.15, 0.2) is 0 Å². The van der Waals surface area contributed by atoms with E-state index in [4.69, 9.17) is 4.74 Å². The van der Waals surface area contributed by atoms with Crippen LogP contribution in [0, 0.1) is 5.92 Å². The van der Waals surface area contributed by atoms with Gasteiger partial charge in [0.2, 0.25) is 0 Å². The highest BCUT2D eigenvalue weighted by Gasteiger charge is 2.45. The number of nitrogens with zero attached hydrogens (tertiary/aromatic N) is 1. The number of nitrogens with one attached hydrogen (secondary N) is 3. The van der Waals surface area contributed by atoms with Crippen molar-refractivity contribution in [2.75, 3.05) is 19.7 Å². The number of urea groups is 1. The summed E-state index contributed by atoms with van der Waals surface area (Å²) in [6.07, 6.45) is 7.75. The van der Waals surface area contributed by atoms with E-state index in [0.717, 1.165) is 56.9 Å². The molecule has 0 bridgehead atoms. The third-order valence-corrected chi connectivity index (χ3v) is 6.53. The molecule has 3 amide bonds. The number of carbonyl (C=O) groups excluding carboxylic acids is 2. The van der Waals surface area contributed by atoms with Gasteiger partial charge in [-0.1, -0.05) is 18.6 Å². The Hall–Kier alpha value is -2.12. The summed E-state index contributed by atoms with van der Waals surface area (Å²) >= 11 is 0. The van der Waals surface area contributed by atoms with Crippen molar-refractivity contribution < 1.29 is 14.3 Å². The van der Waals surface area contributed by atoms with Gasteiger partial charge < -0.3 is 9.64 Å². The van der Waals surface area contributed by atoms with Crippen molar-refractivity contribution in [1.29, 1.82) is 0 Å². The molecule has 2 saturated carbocycles. The molecule has 3 fully saturated rings. The van der Waals surface area contributed by atoms with Crippen LogP contribution < -0.4 is 20.9 Å². The van der Waals surface area contributed by atoms with E-state index in [1.165, 1.54) is 18.4 Å². The summed E-state index contributed by atoms with van der Waals surface area (Å²) in [5, 5.41) is 2.39. The smallest absolute Gasteiger partial charge is 0.324 e. The van der Waals surface area contributed by atoms with E-state index in [9.17, 15) is 9.59 Å². The molecule has 30 heavy (non-hydrogen) atoms. The normalized spacial score (nSPS) is 21.6. The summed E-state index contributed by atoms with van der Waals surface area (Å²) in [5.74, 6) is 1.52. The second kappa shape index (κ2) is 8.55. The van der Waals surface area contributed by atoms with E-state index < -0.39 is 5.54 Å². The number of carbonyl (C=O) groups is 2. The van der Waals surface area contributed by atoms with E-state index >= 15 is 0 Å². The number of rotatable bonds is 12. The molecule has 1 aromatic carbocycles. The van der Waals surface area contributed by atoms with E-state index in [-0.39, 0.29) is 17.5 Å². The first-order valence-electron chi connectivity index (χ1n) is 11.3. The topological polar surface area (TPSA) is 82.7 Å². The molecule has 0 atom stereocenters. The van der Waals surface area contributed by atoms with E-state index in [1.54, 1.807) is 18.7 Å². The van der Waals surface area contributed by atoms with Crippen molar-refractivity contribution >= 4 is 11.9 Å². The number of hydrogen-bond acceptors (Lipinski definition) is 5. The summed E-state index contributed by atoms with van der Waals surface area (Å²) < 4.78 is 5.93. The maximum absolute atomic E-state index is 11.9. The van der Waals surface area contributed by atoms with Gasteiger partial charge in [0.05, 0.1) is 12.1 Å². The average Bonchev–Trinajstić information content (AvgIpc) is 3.63. The highest BCUT2D eigenvalue weighted by molar-refractivity contribution is 6.06. The van der Waals surface area contributed by atoms with Crippen LogP contribution in [-0.2, 0) is 10.3 Å². The first-order chi connectivity index (χ1) is 14.4. The Morgan fingerprint density at radius 1 is 1.17 bits per heavy atom. The third-order valence-electron chi connectivity index (χ3n) is 6.53. The molecule has 2 aliphatic carbocycles. The summed E-state index contributed by atoms with van der Waals surface area (Å²) in [6.45, 7) is 5.90. The molecule has 7 heteroatoms. The zero-order valence-electron chi connectivity index (χ0n) is 18.1. The highest BCUT2D eigenvalue weighted by atomic mass is 16.5. The van der Waals surface area contributed by atoms with Gasteiger partial charge in [-0.15, -0.1) is 0 Å². The predicted molar refractivity (Wildman–Crippen MR) is 115 cm³/mol. The van der Waals surface area contributed by atoms with Crippen molar-refractivity contribution in [3.63, 3.8) is 0 Å². The predicted octanol–water partition coefficient (Wildman–Crippen LogP) is 3.06. The zero-order valence-corrected chi connectivity index (χ0v) is 18.1. The number of ether oxygens (including phenoxy) is 1. The average molecular weight is 415 g/mol. The molecule has 164 valence electrons. The van der Waals surface area contributed by atoms with Crippen LogP contribution in [0.4, 0.5) is 4.79 Å². The molecule has 4 rings (SSSR count). The lowest BCUT2D eigenvalue weighted by atomic mass is 10.0. The number of unbranched alkanes of at least 4 members (excludes halogenated alkanes) is 2. The van der Waals surface area contributed by atoms with Crippen LogP contribution in [-0.4, -0.2) is 42.1 Å². The molecule has 0 unspecified atom stereocenters. The van der Waals surface area contributed by atoms with E-state index in [0.29, 0.717) is 6.54 Å². The third kappa shape index (κ3) is 4.78. The molecule has 0 spiro atoms. The van der Waals surface area contributed by atoms with Gasteiger partial charge in [0.1, 0.15) is 11.3 Å². The fraction of sp³-hybridized carbons (Fsp3) is 0.652. The zero-order chi connectivity index (χ0) is 21.2. The summed E-state index contributed by atoms with van der Waals surface area (Å²) in [6, 6.07) is 8.21. The van der Waals surface area contributed by atoms with Crippen molar-refractivity contribution in [2.45, 2.75) is 69.9 Å². The quantitative estimate of drug-likeness (QED) is 0.278. The molecule has 3 N–H and O–H groups in total. The molecule has 3 aliphatic rings. The lowest BCUT2D eigenvalue weighted by Gasteiger charge is -2.27. The molecular formula is C23H34N4O3. The van der Waals surface area contributed by atoms with Crippen LogP contribution in [0.15, 0.2) is 24.3 Å². The van der Waals surface area contributed by atoms with Crippen molar-refractivity contribution in [2.24, 2.45) is 5.92 Å². The monoisotopic (exact) mass is 414 g/mol. The lowest BCUT2D eigenvalue weighted by molar-refractivity contribution is -0.125. The minimum absolute atomic E-state index is 0.0248. The number of benzene rings is 1. The SMILES string of the molecule is CC1(C)C(=O)NC(=O)N1CCCCCNNC1(c2cccc(OCC3CC3)c2)CC1. The Balaban J connectivity index is 1.14. The highest BCUT2D eigenvalue weighted by Crippen LogP contribution is 2.45. The Bertz CT molecular complexity index is 786. The molecule has 7 nitrogen and oxygen atoms in total. The van der Waals surface area contributed by atoms with E-state index in [1.807, 2.05) is 6.07 Å². The second-order valence-electron chi connectivity index (χ2n) is 9.45. The molecular weight excluding hydrogens is 380 g/mol.